The molecule has 37 heavy (non-hydrogen) atoms. The maximum Gasteiger partial charge on any atom is 0.409 e. The van der Waals surface area contributed by atoms with Gasteiger partial charge in [0.2, 0.25) is 0 Å². The van der Waals surface area contributed by atoms with Crippen molar-refractivity contribution in [2.75, 3.05) is 39.9 Å². The summed E-state index contributed by atoms with van der Waals surface area (Å²) in [6, 6.07) is 5.35. The molecule has 0 atom stereocenters. The van der Waals surface area contributed by atoms with Gasteiger partial charge in [0, 0.05) is 54.8 Å². The van der Waals surface area contributed by atoms with E-state index in [-0.39, 0.29) is 12.0 Å². The van der Waals surface area contributed by atoms with Crippen molar-refractivity contribution in [1.82, 2.24) is 19.8 Å². The van der Waals surface area contributed by atoms with E-state index in [1.54, 1.807) is 41.0 Å². The molecule has 1 saturated heterocycles. The van der Waals surface area contributed by atoms with Crippen LogP contribution in [0.5, 0.6) is 5.75 Å². The van der Waals surface area contributed by atoms with Crippen LogP contribution in [0.25, 0.3) is 16.8 Å². The third kappa shape index (κ3) is 6.27. The first-order valence-corrected chi connectivity index (χ1v) is 12.1. The second-order valence-corrected chi connectivity index (χ2v) is 8.32. The number of methoxy groups -OCH3 is 1. The molecule has 3 rings (SSSR count). The van der Waals surface area contributed by atoms with E-state index in [1.807, 2.05) is 13.0 Å². The number of nitrogens with zero attached hydrogens (tertiary/aromatic N) is 4. The van der Waals surface area contributed by atoms with Crippen molar-refractivity contribution in [2.24, 2.45) is 11.5 Å². The zero-order valence-corrected chi connectivity index (χ0v) is 21.6. The second-order valence-electron chi connectivity index (χ2n) is 8.32. The number of rotatable bonds is 8. The summed E-state index contributed by atoms with van der Waals surface area (Å²) < 4.78 is 10.7. The lowest BCUT2D eigenvalue weighted by atomic mass is 9.95. The number of benzene rings is 1. The molecule has 0 aliphatic carbocycles. The molecule has 196 valence electrons. The topological polar surface area (TPSA) is 137 Å². The first-order valence-electron chi connectivity index (χ1n) is 12.1. The minimum absolute atomic E-state index is 0.170. The third-order valence-electron chi connectivity index (χ3n) is 6.00. The Labute approximate surface area is 217 Å². The number of nitrogens with two attached hydrogens (primary N) is 2. The van der Waals surface area contributed by atoms with Gasteiger partial charge >= 0.3 is 6.09 Å². The van der Waals surface area contributed by atoms with Gasteiger partial charge in [-0.3, -0.25) is 4.79 Å². The maximum absolute atomic E-state index is 13.3. The molecule has 10 nitrogen and oxygen atoms in total. The molecule has 2 heterocycles. The number of aromatic nitrogens is 2. The van der Waals surface area contributed by atoms with Crippen molar-refractivity contribution in [2.45, 2.75) is 20.3 Å². The van der Waals surface area contributed by atoms with Crippen LogP contribution in [-0.4, -0.2) is 71.7 Å². The smallest absolute Gasteiger partial charge is 0.409 e. The highest BCUT2D eigenvalue weighted by molar-refractivity contribution is 5.98. The molecule has 1 aromatic carbocycles. The van der Waals surface area contributed by atoms with Crippen LogP contribution in [0.4, 0.5) is 4.79 Å². The molecule has 1 fully saturated rings. The van der Waals surface area contributed by atoms with Gasteiger partial charge in [0.15, 0.2) is 0 Å². The van der Waals surface area contributed by atoms with Gasteiger partial charge in [-0.1, -0.05) is 25.6 Å². The van der Waals surface area contributed by atoms with Gasteiger partial charge in [0.1, 0.15) is 12.1 Å². The molecule has 2 amide bonds. The largest absolute Gasteiger partial charge is 0.496 e. The molecule has 0 spiro atoms. The fourth-order valence-electron chi connectivity index (χ4n) is 4.12. The average molecular weight is 507 g/mol. The van der Waals surface area contributed by atoms with E-state index in [9.17, 15) is 9.59 Å². The molecule has 0 saturated carbocycles. The monoisotopic (exact) mass is 506 g/mol. The van der Waals surface area contributed by atoms with Gasteiger partial charge in [0.25, 0.3) is 5.91 Å². The number of aryl methyl sites for hydroxylation is 1. The Morgan fingerprint density at radius 3 is 2.41 bits per heavy atom. The van der Waals surface area contributed by atoms with Crippen LogP contribution in [0.3, 0.4) is 0 Å². The first kappa shape index (κ1) is 27.3. The van der Waals surface area contributed by atoms with E-state index < -0.39 is 0 Å². The number of allylic oxidation sites excluding steroid dienone is 3. The Bertz CT molecular complexity index is 1220. The first-order chi connectivity index (χ1) is 17.8. The van der Waals surface area contributed by atoms with Crippen molar-refractivity contribution in [3.05, 3.63) is 72.0 Å². The molecule has 2 aromatic rings. The van der Waals surface area contributed by atoms with E-state index in [2.05, 4.69) is 16.5 Å². The summed E-state index contributed by atoms with van der Waals surface area (Å²) in [5.74, 6) is 0.248. The molecular formula is C27H34N6O4. The Morgan fingerprint density at radius 2 is 1.81 bits per heavy atom. The summed E-state index contributed by atoms with van der Waals surface area (Å²) in [6.45, 7) is 9.41. The highest BCUT2D eigenvalue weighted by Gasteiger charge is 2.27. The van der Waals surface area contributed by atoms with Crippen molar-refractivity contribution < 1.29 is 19.1 Å². The number of hydrogen-bond donors (Lipinski definition) is 2. The quantitative estimate of drug-likeness (QED) is 0.522. The molecule has 1 aliphatic heterocycles. The summed E-state index contributed by atoms with van der Waals surface area (Å²) in [7, 11) is 1.52. The summed E-state index contributed by atoms with van der Waals surface area (Å²) >= 11 is 0. The number of piperazine rings is 1. The van der Waals surface area contributed by atoms with Crippen LogP contribution in [-0.2, 0) is 11.2 Å². The minimum Gasteiger partial charge on any atom is -0.496 e. The number of ether oxygens (including phenoxy) is 2. The van der Waals surface area contributed by atoms with E-state index >= 15 is 0 Å². The van der Waals surface area contributed by atoms with Crippen molar-refractivity contribution >= 4 is 17.6 Å². The molecule has 0 radical (unpaired) electrons. The van der Waals surface area contributed by atoms with Crippen LogP contribution in [0.15, 0.2) is 55.2 Å². The summed E-state index contributed by atoms with van der Waals surface area (Å²) in [5.41, 5.74) is 16.2. The molecule has 4 N–H and O–H groups in total. The van der Waals surface area contributed by atoms with E-state index in [1.165, 1.54) is 19.6 Å². The SMILES string of the molecule is C=C(N)/C=C\C(=C/N)c1c(CC)ncnc1-c1ccc(C(=O)N2CCN(C(=O)OCC)CC2)c(OC)c1. The lowest BCUT2D eigenvalue weighted by molar-refractivity contribution is 0.0568. The Kier molecular flexibility index (Phi) is 9.26. The van der Waals surface area contributed by atoms with Gasteiger partial charge in [-0.15, -0.1) is 0 Å². The number of carbonyl (C=O) groups excluding carboxylic acids is 2. The highest BCUT2D eigenvalue weighted by atomic mass is 16.6. The fourth-order valence-corrected chi connectivity index (χ4v) is 4.12. The Morgan fingerprint density at radius 1 is 1.11 bits per heavy atom. The number of hydrogen-bond acceptors (Lipinski definition) is 8. The fraction of sp³-hybridized carbons (Fsp3) is 0.333. The van der Waals surface area contributed by atoms with Crippen molar-refractivity contribution in [1.29, 1.82) is 0 Å². The predicted molar refractivity (Wildman–Crippen MR) is 143 cm³/mol. The van der Waals surface area contributed by atoms with Gasteiger partial charge in [-0.25, -0.2) is 14.8 Å². The lowest BCUT2D eigenvalue weighted by Gasteiger charge is -2.34. The molecular weight excluding hydrogens is 472 g/mol. The van der Waals surface area contributed by atoms with Crippen molar-refractivity contribution in [3.8, 4) is 17.0 Å². The number of carbonyl (C=O) groups is 2. The van der Waals surface area contributed by atoms with Gasteiger partial charge in [0.05, 0.1) is 30.7 Å². The highest BCUT2D eigenvalue weighted by Crippen LogP contribution is 2.33. The van der Waals surface area contributed by atoms with Gasteiger partial charge in [-0.05, 0) is 31.6 Å². The van der Waals surface area contributed by atoms with Gasteiger partial charge in [-0.2, -0.15) is 0 Å². The van der Waals surface area contributed by atoms with Crippen LogP contribution in [0, 0.1) is 0 Å². The van der Waals surface area contributed by atoms with Crippen LogP contribution in [0.1, 0.15) is 35.5 Å². The third-order valence-corrected chi connectivity index (χ3v) is 6.00. The summed E-state index contributed by atoms with van der Waals surface area (Å²) in [5, 5.41) is 0. The lowest BCUT2D eigenvalue weighted by Crippen LogP contribution is -2.50. The maximum atomic E-state index is 13.3. The zero-order chi connectivity index (χ0) is 26.9. The predicted octanol–water partition coefficient (Wildman–Crippen LogP) is 2.96. The second kappa shape index (κ2) is 12.6. The average Bonchev–Trinajstić information content (AvgIpc) is 2.92. The van der Waals surface area contributed by atoms with E-state index in [4.69, 9.17) is 20.9 Å². The van der Waals surface area contributed by atoms with Crippen LogP contribution < -0.4 is 16.2 Å². The van der Waals surface area contributed by atoms with Crippen molar-refractivity contribution in [3.63, 3.8) is 0 Å². The molecule has 1 aromatic heterocycles. The zero-order valence-electron chi connectivity index (χ0n) is 21.6. The molecule has 0 bridgehead atoms. The summed E-state index contributed by atoms with van der Waals surface area (Å²) in [4.78, 5) is 37.6. The van der Waals surface area contributed by atoms with E-state index in [0.29, 0.717) is 67.5 Å². The molecule has 10 heteroatoms. The molecule has 1 aliphatic rings. The van der Waals surface area contributed by atoms with E-state index in [0.717, 1.165) is 16.8 Å². The minimum atomic E-state index is -0.361. The number of amides is 2. The summed E-state index contributed by atoms with van der Waals surface area (Å²) in [6.07, 6.45) is 6.72. The van der Waals surface area contributed by atoms with Crippen LogP contribution in [0.2, 0.25) is 0 Å². The van der Waals surface area contributed by atoms with Crippen LogP contribution >= 0.6 is 0 Å². The Hall–Kier alpha value is -4.34. The normalized spacial score (nSPS) is 14.1. The molecule has 0 unspecified atom stereocenters. The standard InChI is InChI=1S/C27H34N6O4/c1-5-22-24(20(16-28)8-7-18(3)29)25(31-17-30-22)19-9-10-21(23(15-19)36-4)26(34)32-11-13-33(14-12-32)27(35)37-6-2/h7-10,15-17H,3,5-6,11-14,28-29H2,1-2,4H3/b8-7-,20-16+. The Balaban J connectivity index is 1.93. The van der Waals surface area contributed by atoms with Gasteiger partial charge < -0.3 is 30.7 Å².